The second-order valence-electron chi connectivity index (χ2n) is 19.7. The molecule has 1 aromatic carbocycles. The molecule has 0 bridgehead atoms. The van der Waals surface area contributed by atoms with Crippen LogP contribution < -0.4 is 21.3 Å². The predicted octanol–water partition coefficient (Wildman–Crippen LogP) is 4.86. The van der Waals surface area contributed by atoms with Crippen molar-refractivity contribution in [1.82, 2.24) is 31.1 Å². The number of amides is 6. The topological polar surface area (TPSA) is 200 Å². The molecular weight excluding hydrogens is 813 g/mol. The average molecular weight is 881 g/mol. The molecule has 15 nitrogen and oxygen atoms in total. The van der Waals surface area contributed by atoms with E-state index < -0.39 is 85.4 Å². The van der Waals surface area contributed by atoms with Gasteiger partial charge in [0.1, 0.15) is 18.2 Å². The first kappa shape index (κ1) is 47.0. The Morgan fingerprint density at radius 1 is 0.935 bits per heavy atom. The van der Waals surface area contributed by atoms with Gasteiger partial charge in [0, 0.05) is 26.1 Å². The molecule has 0 spiro atoms. The van der Waals surface area contributed by atoms with Crippen molar-refractivity contribution in [2.24, 2.45) is 11.3 Å². The zero-order chi connectivity index (χ0) is 44.9. The normalized spacial score (nSPS) is 23.2. The van der Waals surface area contributed by atoms with E-state index in [0.29, 0.717) is 45.2 Å². The maximum Gasteiger partial charge on any atom is 0.410 e. The molecule has 6 amide bonds. The standard InChI is InChI=1S/C46H68N6O9S/c1-6-24-47-40(55)37(53)35(26-31-17-18-31)48-39(54)36-27-34(61-43(58)51-25-19-32-15-9-10-16-33(32)28-51)29-52(36)41(56)38(45(5)20-11-7-12-21-45)49-42(57)50-46(22-13-8-14-23-46)30-62(59,60)44(2,3)4/h6,9-10,15-16,31,34-36,38H,1,7-8,11-14,17-30H2,2-5H3,(H,47,55)(H,48,54)(H2,49,50,57)/t34-,35?,36+,38-/m1/s1. The summed E-state index contributed by atoms with van der Waals surface area (Å²) in [6.45, 7) is 11.2. The van der Waals surface area contributed by atoms with Crippen LogP contribution in [0.5, 0.6) is 0 Å². The smallest absolute Gasteiger partial charge is 0.410 e. The molecule has 1 aromatic rings. The van der Waals surface area contributed by atoms with Gasteiger partial charge in [-0.25, -0.2) is 18.0 Å². The third kappa shape index (κ3) is 11.4. The van der Waals surface area contributed by atoms with E-state index in [-0.39, 0.29) is 37.6 Å². The Morgan fingerprint density at radius 3 is 2.21 bits per heavy atom. The number of hydrogen-bond acceptors (Lipinski definition) is 9. The Hall–Kier alpha value is -4.47. The minimum atomic E-state index is -3.64. The molecule has 62 heavy (non-hydrogen) atoms. The molecule has 3 saturated carbocycles. The van der Waals surface area contributed by atoms with Gasteiger partial charge in [0.05, 0.1) is 28.6 Å². The summed E-state index contributed by atoms with van der Waals surface area (Å²) in [7, 11) is -3.64. The molecule has 4 fully saturated rings. The van der Waals surface area contributed by atoms with Gasteiger partial charge in [0.25, 0.3) is 5.91 Å². The largest absolute Gasteiger partial charge is 0.444 e. The number of fused-ring (bicyclic) bond motifs is 1. The number of rotatable bonds is 15. The summed E-state index contributed by atoms with van der Waals surface area (Å²) in [5.74, 6) is -2.92. The van der Waals surface area contributed by atoms with E-state index in [0.717, 1.165) is 62.5 Å². The molecular formula is C46H68N6O9S. The van der Waals surface area contributed by atoms with Crippen LogP contribution in [0, 0.1) is 11.3 Å². The number of ether oxygens (including phenoxy) is 1. The second-order valence-corrected chi connectivity index (χ2v) is 22.5. The summed E-state index contributed by atoms with van der Waals surface area (Å²) in [5.41, 5.74) is 0.414. The molecule has 1 saturated heterocycles. The van der Waals surface area contributed by atoms with Crippen LogP contribution >= 0.6 is 0 Å². The van der Waals surface area contributed by atoms with Crippen molar-refractivity contribution in [2.45, 2.75) is 165 Å². The maximum atomic E-state index is 15.3. The molecule has 0 aromatic heterocycles. The summed E-state index contributed by atoms with van der Waals surface area (Å²) >= 11 is 0. The highest BCUT2D eigenvalue weighted by molar-refractivity contribution is 7.92. The van der Waals surface area contributed by atoms with Gasteiger partial charge < -0.3 is 35.8 Å². The van der Waals surface area contributed by atoms with Crippen molar-refractivity contribution in [2.75, 3.05) is 25.4 Å². The number of sulfone groups is 1. The zero-order valence-electron chi connectivity index (χ0n) is 37.1. The molecule has 5 aliphatic rings. The number of likely N-dealkylation sites (tertiary alicyclic amines) is 1. The van der Waals surface area contributed by atoms with Gasteiger partial charge in [0.15, 0.2) is 9.84 Å². The van der Waals surface area contributed by atoms with Crippen molar-refractivity contribution >= 4 is 45.5 Å². The minimum Gasteiger partial charge on any atom is -0.444 e. The summed E-state index contributed by atoms with van der Waals surface area (Å²) in [5, 5.41) is 11.4. The summed E-state index contributed by atoms with van der Waals surface area (Å²) in [6, 6.07) is 3.76. The number of hydrogen-bond donors (Lipinski definition) is 4. The highest BCUT2D eigenvalue weighted by Gasteiger charge is 2.51. The van der Waals surface area contributed by atoms with Crippen LogP contribution in [-0.4, -0.2) is 114 Å². The van der Waals surface area contributed by atoms with Crippen molar-refractivity contribution in [1.29, 1.82) is 0 Å². The van der Waals surface area contributed by atoms with Crippen LogP contribution in [0.25, 0.3) is 0 Å². The second kappa shape index (κ2) is 19.5. The first-order chi connectivity index (χ1) is 29.3. The van der Waals surface area contributed by atoms with Crippen LogP contribution in [0.4, 0.5) is 9.59 Å². The van der Waals surface area contributed by atoms with Crippen molar-refractivity contribution in [3.05, 3.63) is 48.0 Å². The fourth-order valence-electron chi connectivity index (χ4n) is 9.71. The van der Waals surface area contributed by atoms with Gasteiger partial charge >= 0.3 is 12.1 Å². The van der Waals surface area contributed by atoms with Crippen molar-refractivity contribution in [3.63, 3.8) is 0 Å². The average Bonchev–Trinajstić information content (AvgIpc) is 3.96. The molecule has 2 aliphatic heterocycles. The Bertz CT molecular complexity index is 1970. The van der Waals surface area contributed by atoms with Crippen LogP contribution in [0.1, 0.15) is 129 Å². The lowest BCUT2D eigenvalue weighted by Crippen LogP contribution is -2.64. The Morgan fingerprint density at radius 2 is 1.58 bits per heavy atom. The number of nitrogens with one attached hydrogen (secondary N) is 4. The number of ketones is 1. The molecule has 3 aliphatic carbocycles. The number of nitrogens with zero attached hydrogens (tertiary/aromatic N) is 2. The summed E-state index contributed by atoms with van der Waals surface area (Å²) < 4.78 is 32.2. The third-order valence-electron chi connectivity index (χ3n) is 13.8. The summed E-state index contributed by atoms with van der Waals surface area (Å²) in [6.07, 6.45) is 9.73. The minimum absolute atomic E-state index is 0.0653. The monoisotopic (exact) mass is 880 g/mol. The van der Waals surface area contributed by atoms with Gasteiger partial charge in [-0.15, -0.1) is 6.58 Å². The lowest BCUT2D eigenvalue weighted by atomic mass is 9.70. The maximum absolute atomic E-state index is 15.3. The van der Waals surface area contributed by atoms with Gasteiger partial charge in [0.2, 0.25) is 17.6 Å². The molecule has 16 heteroatoms. The molecule has 4 N–H and O–H groups in total. The van der Waals surface area contributed by atoms with E-state index in [4.69, 9.17) is 4.74 Å². The van der Waals surface area contributed by atoms with Crippen LogP contribution in [0.3, 0.4) is 0 Å². The molecule has 0 radical (unpaired) electrons. The molecule has 342 valence electrons. The van der Waals surface area contributed by atoms with Gasteiger partial charge in [-0.1, -0.05) is 88.6 Å². The summed E-state index contributed by atoms with van der Waals surface area (Å²) in [4.78, 5) is 87.0. The van der Waals surface area contributed by atoms with Gasteiger partial charge in [-0.05, 0) is 81.8 Å². The van der Waals surface area contributed by atoms with E-state index in [1.165, 1.54) is 11.0 Å². The fraction of sp³-hybridized carbons (Fsp3) is 0.696. The van der Waals surface area contributed by atoms with E-state index in [1.54, 1.807) is 25.7 Å². The lowest BCUT2D eigenvalue weighted by molar-refractivity contribution is -0.144. The first-order valence-electron chi connectivity index (χ1n) is 22.7. The molecule has 6 rings (SSSR count). The third-order valence-corrected chi connectivity index (χ3v) is 16.6. The van der Waals surface area contributed by atoms with Crippen LogP contribution in [-0.2, 0) is 46.7 Å². The van der Waals surface area contributed by atoms with Crippen LogP contribution in [0.15, 0.2) is 36.9 Å². The lowest BCUT2D eigenvalue weighted by Gasteiger charge is -2.44. The highest BCUT2D eigenvalue weighted by Crippen LogP contribution is 2.41. The predicted molar refractivity (Wildman–Crippen MR) is 234 cm³/mol. The number of urea groups is 1. The highest BCUT2D eigenvalue weighted by atomic mass is 32.2. The number of carbonyl (C=O) groups is 6. The Labute approximate surface area is 367 Å². The van der Waals surface area contributed by atoms with Gasteiger partial charge in [-0.2, -0.15) is 0 Å². The molecule has 4 atom stereocenters. The number of Topliss-reactive ketones (excluding diaryl/α,β-unsaturated/α-hetero) is 1. The van der Waals surface area contributed by atoms with Gasteiger partial charge in [-0.3, -0.25) is 19.2 Å². The fourth-order valence-corrected chi connectivity index (χ4v) is 11.2. The SMILES string of the molecule is C=CCNC(=O)C(=O)C(CC1CC1)NC(=O)[C@@H]1C[C@@H](OC(=O)N2CCc3ccccc3C2)CN1C(=O)[C@@H](NC(=O)NC1(CS(=O)(=O)C(C)(C)C)CCCCC1)C1(C)CCCCC1. The van der Waals surface area contributed by atoms with E-state index >= 15 is 4.79 Å². The van der Waals surface area contributed by atoms with E-state index in [2.05, 4.69) is 27.8 Å². The first-order valence-corrected chi connectivity index (χ1v) is 24.4. The van der Waals surface area contributed by atoms with Crippen LogP contribution in [0.2, 0.25) is 0 Å². The quantitative estimate of drug-likeness (QED) is 0.140. The Kier molecular flexibility index (Phi) is 14.8. The molecule has 1 unspecified atom stereocenters. The van der Waals surface area contributed by atoms with E-state index in [9.17, 15) is 32.4 Å². The Balaban J connectivity index is 1.27. The van der Waals surface area contributed by atoms with E-state index in [1.807, 2.05) is 31.2 Å². The number of carbonyl (C=O) groups excluding carboxylic acids is 6. The van der Waals surface area contributed by atoms with Crippen molar-refractivity contribution in [3.8, 4) is 0 Å². The molecule has 2 heterocycles. The zero-order valence-corrected chi connectivity index (χ0v) is 37.9. The van der Waals surface area contributed by atoms with Crippen molar-refractivity contribution < 1.29 is 41.9 Å². The number of benzene rings is 1.